The van der Waals surface area contributed by atoms with Crippen molar-refractivity contribution < 1.29 is 9.90 Å². The summed E-state index contributed by atoms with van der Waals surface area (Å²) in [5.74, 6) is -0.0168. The zero-order valence-electron chi connectivity index (χ0n) is 6.24. The molecule has 0 heterocycles. The lowest BCUT2D eigenvalue weighted by Gasteiger charge is -2.01. The van der Waals surface area contributed by atoms with Crippen molar-refractivity contribution in [2.45, 2.75) is 0 Å². The molecule has 3 N–H and O–H groups in total. The molecule has 4 nitrogen and oxygen atoms in total. The summed E-state index contributed by atoms with van der Waals surface area (Å²) in [6.45, 7) is 0. The first-order chi connectivity index (χ1) is 5.77. The standard InChI is InChI=1S/C8H8N2O2/c9-4-6-1-2-7(10-5-11)3-8(6)12/h1-5,9,12H,(H,10,11). The van der Waals surface area contributed by atoms with Gasteiger partial charge in [-0.1, -0.05) is 0 Å². The zero-order chi connectivity index (χ0) is 8.97. The smallest absolute Gasteiger partial charge is 0.211 e. The van der Waals surface area contributed by atoms with E-state index in [1.807, 2.05) is 0 Å². The Morgan fingerprint density at radius 2 is 2.25 bits per heavy atom. The fourth-order valence-corrected chi connectivity index (χ4v) is 0.824. The number of anilines is 1. The second-order valence-corrected chi connectivity index (χ2v) is 2.18. The molecule has 62 valence electrons. The molecular formula is C8H8N2O2. The van der Waals surface area contributed by atoms with Crippen LogP contribution >= 0.6 is 0 Å². The first-order valence-corrected chi connectivity index (χ1v) is 3.31. The van der Waals surface area contributed by atoms with Gasteiger partial charge in [-0.05, 0) is 12.1 Å². The SMILES string of the molecule is N=Cc1ccc(NC=O)cc1O. The summed E-state index contributed by atoms with van der Waals surface area (Å²) >= 11 is 0. The summed E-state index contributed by atoms with van der Waals surface area (Å²) in [6, 6.07) is 4.54. The van der Waals surface area contributed by atoms with Gasteiger partial charge in [-0.25, -0.2) is 0 Å². The Morgan fingerprint density at radius 3 is 2.75 bits per heavy atom. The molecule has 0 saturated carbocycles. The second-order valence-electron chi connectivity index (χ2n) is 2.18. The Bertz CT molecular complexity index is 310. The van der Waals surface area contributed by atoms with Gasteiger partial charge in [-0.15, -0.1) is 0 Å². The van der Waals surface area contributed by atoms with Crippen LogP contribution < -0.4 is 5.32 Å². The molecular weight excluding hydrogens is 156 g/mol. The van der Waals surface area contributed by atoms with Crippen LogP contribution in [0.15, 0.2) is 18.2 Å². The van der Waals surface area contributed by atoms with Crippen molar-refractivity contribution in [2.24, 2.45) is 0 Å². The molecule has 1 aromatic carbocycles. The minimum absolute atomic E-state index is 0.0168. The molecule has 0 radical (unpaired) electrons. The summed E-state index contributed by atoms with van der Waals surface area (Å²) in [6.07, 6.45) is 1.57. The van der Waals surface area contributed by atoms with Gasteiger partial charge in [0, 0.05) is 23.5 Å². The fourth-order valence-electron chi connectivity index (χ4n) is 0.824. The van der Waals surface area contributed by atoms with Crippen molar-refractivity contribution in [1.82, 2.24) is 0 Å². The van der Waals surface area contributed by atoms with Crippen LogP contribution in [0, 0.1) is 5.41 Å². The molecule has 1 rings (SSSR count). The molecule has 0 saturated heterocycles. The van der Waals surface area contributed by atoms with Crippen LogP contribution in [0.4, 0.5) is 5.69 Å². The van der Waals surface area contributed by atoms with E-state index in [1.165, 1.54) is 6.07 Å². The van der Waals surface area contributed by atoms with Crippen LogP contribution in [-0.2, 0) is 4.79 Å². The maximum atomic E-state index is 10.0. The van der Waals surface area contributed by atoms with Crippen molar-refractivity contribution in [3.05, 3.63) is 23.8 Å². The van der Waals surface area contributed by atoms with Gasteiger partial charge in [-0.2, -0.15) is 0 Å². The highest BCUT2D eigenvalue weighted by molar-refractivity contribution is 5.83. The Kier molecular flexibility index (Phi) is 2.42. The minimum Gasteiger partial charge on any atom is -0.507 e. The number of nitrogens with one attached hydrogen (secondary N) is 2. The third-order valence-corrected chi connectivity index (χ3v) is 1.41. The molecule has 0 aromatic heterocycles. The van der Waals surface area contributed by atoms with Crippen LogP contribution in [0.5, 0.6) is 5.75 Å². The van der Waals surface area contributed by atoms with Crippen LogP contribution in [0.1, 0.15) is 5.56 Å². The molecule has 0 fully saturated rings. The van der Waals surface area contributed by atoms with Gasteiger partial charge < -0.3 is 15.8 Å². The lowest BCUT2D eigenvalue weighted by atomic mass is 10.2. The number of benzene rings is 1. The maximum Gasteiger partial charge on any atom is 0.211 e. The molecule has 1 amide bonds. The van der Waals surface area contributed by atoms with Crippen molar-refractivity contribution >= 4 is 18.3 Å². The van der Waals surface area contributed by atoms with E-state index < -0.39 is 0 Å². The number of rotatable bonds is 3. The van der Waals surface area contributed by atoms with E-state index in [0.717, 1.165) is 6.21 Å². The quantitative estimate of drug-likeness (QED) is 0.459. The van der Waals surface area contributed by atoms with E-state index in [0.29, 0.717) is 17.7 Å². The van der Waals surface area contributed by atoms with E-state index >= 15 is 0 Å². The lowest BCUT2D eigenvalue weighted by molar-refractivity contribution is -0.105. The predicted molar refractivity (Wildman–Crippen MR) is 45.7 cm³/mol. The summed E-state index contributed by atoms with van der Waals surface area (Å²) in [4.78, 5) is 10.0. The highest BCUT2D eigenvalue weighted by Crippen LogP contribution is 2.19. The average Bonchev–Trinajstić information content (AvgIpc) is 2.05. The fraction of sp³-hybridized carbons (Fsp3) is 0. The molecule has 0 spiro atoms. The normalized spacial score (nSPS) is 9.00. The van der Waals surface area contributed by atoms with Gasteiger partial charge in [0.25, 0.3) is 0 Å². The van der Waals surface area contributed by atoms with Crippen LogP contribution in [-0.4, -0.2) is 17.7 Å². The number of carbonyl (C=O) groups is 1. The molecule has 0 aliphatic rings. The highest BCUT2D eigenvalue weighted by atomic mass is 16.3. The van der Waals surface area contributed by atoms with Crippen molar-refractivity contribution in [2.75, 3.05) is 5.32 Å². The number of aromatic hydroxyl groups is 1. The van der Waals surface area contributed by atoms with Crippen molar-refractivity contribution in [3.8, 4) is 5.75 Å². The van der Waals surface area contributed by atoms with Crippen LogP contribution in [0.2, 0.25) is 0 Å². The van der Waals surface area contributed by atoms with E-state index in [2.05, 4.69) is 5.32 Å². The lowest BCUT2D eigenvalue weighted by Crippen LogP contribution is -1.93. The summed E-state index contributed by atoms with van der Waals surface area (Å²) < 4.78 is 0. The molecule has 0 aliphatic carbocycles. The summed E-state index contributed by atoms with van der Waals surface area (Å²) in [5.41, 5.74) is 0.930. The average molecular weight is 164 g/mol. The second kappa shape index (κ2) is 3.52. The minimum atomic E-state index is -0.0168. The Hall–Kier alpha value is -1.84. The number of hydrogen-bond donors (Lipinski definition) is 3. The van der Waals surface area contributed by atoms with Crippen LogP contribution in [0.25, 0.3) is 0 Å². The monoisotopic (exact) mass is 164 g/mol. The topological polar surface area (TPSA) is 73.2 Å². The maximum absolute atomic E-state index is 10.0. The van der Waals surface area contributed by atoms with Gasteiger partial charge >= 0.3 is 0 Å². The van der Waals surface area contributed by atoms with Crippen molar-refractivity contribution in [1.29, 1.82) is 5.41 Å². The molecule has 1 aromatic rings. The van der Waals surface area contributed by atoms with E-state index in [1.54, 1.807) is 12.1 Å². The van der Waals surface area contributed by atoms with Gasteiger partial charge in [0.05, 0.1) is 0 Å². The third kappa shape index (κ3) is 1.60. The number of amides is 1. The summed E-state index contributed by atoms with van der Waals surface area (Å²) in [5, 5.41) is 18.5. The Morgan fingerprint density at radius 1 is 1.50 bits per heavy atom. The predicted octanol–water partition coefficient (Wildman–Crippen LogP) is 0.958. The van der Waals surface area contributed by atoms with Crippen LogP contribution in [0.3, 0.4) is 0 Å². The highest BCUT2D eigenvalue weighted by Gasteiger charge is 1.98. The van der Waals surface area contributed by atoms with E-state index in [4.69, 9.17) is 5.41 Å². The molecule has 0 bridgehead atoms. The van der Waals surface area contributed by atoms with Gasteiger partial charge in [0.2, 0.25) is 6.41 Å². The molecule has 12 heavy (non-hydrogen) atoms. The summed E-state index contributed by atoms with van der Waals surface area (Å²) in [7, 11) is 0. The Balaban J connectivity index is 3.00. The Labute approximate surface area is 69.4 Å². The van der Waals surface area contributed by atoms with Gasteiger partial charge in [0.15, 0.2) is 0 Å². The van der Waals surface area contributed by atoms with Crippen molar-refractivity contribution in [3.63, 3.8) is 0 Å². The number of phenols is 1. The number of hydrogen-bond acceptors (Lipinski definition) is 3. The molecule has 4 heteroatoms. The number of carbonyl (C=O) groups excluding carboxylic acids is 1. The van der Waals surface area contributed by atoms with Gasteiger partial charge in [-0.3, -0.25) is 4.79 Å². The molecule has 0 aliphatic heterocycles. The van der Waals surface area contributed by atoms with Gasteiger partial charge in [0.1, 0.15) is 5.75 Å². The molecule has 0 atom stereocenters. The first-order valence-electron chi connectivity index (χ1n) is 3.31. The molecule has 0 unspecified atom stereocenters. The van der Waals surface area contributed by atoms with E-state index in [9.17, 15) is 9.90 Å². The largest absolute Gasteiger partial charge is 0.507 e. The zero-order valence-corrected chi connectivity index (χ0v) is 6.24. The third-order valence-electron chi connectivity index (χ3n) is 1.41. The first kappa shape index (κ1) is 8.26. The number of phenolic OH excluding ortho intramolecular Hbond substituents is 1. The van der Waals surface area contributed by atoms with E-state index in [-0.39, 0.29) is 5.75 Å².